The molecule has 1 N–H and O–H groups in total. The van der Waals surface area contributed by atoms with E-state index in [0.717, 1.165) is 4.57 Å². The zero-order valence-corrected chi connectivity index (χ0v) is 23.7. The van der Waals surface area contributed by atoms with E-state index < -0.39 is 21.6 Å². The molecule has 0 saturated heterocycles. The number of halogens is 1. The van der Waals surface area contributed by atoms with Gasteiger partial charge in [-0.3, -0.25) is 9.79 Å². The fourth-order valence-corrected chi connectivity index (χ4v) is 5.93. The summed E-state index contributed by atoms with van der Waals surface area (Å²) < 4.78 is 33.5. The van der Waals surface area contributed by atoms with Crippen LogP contribution in [-0.2, 0) is 14.8 Å². The summed E-state index contributed by atoms with van der Waals surface area (Å²) in [5.41, 5.74) is 0.545. The maximum absolute atomic E-state index is 13.4. The van der Waals surface area contributed by atoms with Crippen molar-refractivity contribution >= 4 is 50.3 Å². The minimum atomic E-state index is -3.76. The number of hydrogen-bond acceptors (Lipinski definition) is 7. The molecule has 0 aliphatic heterocycles. The predicted molar refractivity (Wildman–Crippen MR) is 156 cm³/mol. The number of aromatic nitrogens is 1. The highest BCUT2D eigenvalue weighted by molar-refractivity contribution is 7.89. The highest BCUT2D eigenvalue weighted by Gasteiger charge is 2.23. The average molecular weight is 582 g/mol. The number of pyridine rings is 1. The van der Waals surface area contributed by atoms with Crippen molar-refractivity contribution in [3.63, 3.8) is 0 Å². The van der Waals surface area contributed by atoms with Gasteiger partial charge in [0.1, 0.15) is 0 Å². The Bertz CT molecular complexity index is 1760. The number of fused-ring (bicyclic) bond motifs is 1. The van der Waals surface area contributed by atoms with Crippen LogP contribution in [0.3, 0.4) is 0 Å². The molecular formula is C29H28ClN3O6S. The van der Waals surface area contributed by atoms with E-state index in [2.05, 4.69) is 4.99 Å². The van der Waals surface area contributed by atoms with Crippen molar-refractivity contribution in [3.05, 3.63) is 93.2 Å². The van der Waals surface area contributed by atoms with E-state index >= 15 is 0 Å². The third-order valence-electron chi connectivity index (χ3n) is 6.33. The van der Waals surface area contributed by atoms with Gasteiger partial charge in [-0.1, -0.05) is 43.6 Å². The second-order valence-electron chi connectivity index (χ2n) is 8.65. The van der Waals surface area contributed by atoms with Crippen molar-refractivity contribution in [2.24, 2.45) is 4.99 Å². The standard InChI is InChI=1S/C29H28ClN3O6S/c1-4-32(5-2)40(37,38)21-15-16-25(30)26(17-21)31-18-24-22-9-7-8-10-23(22)27(34)33(28(24)35)20-13-11-19(12-14-20)29(36)39-6-3/h7-18,35H,4-6H2,1-3H3. The Balaban J connectivity index is 1.85. The van der Waals surface area contributed by atoms with Crippen molar-refractivity contribution in [1.29, 1.82) is 0 Å². The maximum Gasteiger partial charge on any atom is 0.338 e. The van der Waals surface area contributed by atoms with Crippen molar-refractivity contribution in [2.45, 2.75) is 25.7 Å². The number of carbonyl (C=O) groups excluding carboxylic acids is 1. The summed E-state index contributed by atoms with van der Waals surface area (Å²) >= 11 is 6.36. The molecule has 9 nitrogen and oxygen atoms in total. The fourth-order valence-electron chi connectivity index (χ4n) is 4.29. The molecule has 11 heteroatoms. The summed E-state index contributed by atoms with van der Waals surface area (Å²) in [6.45, 7) is 6.05. The van der Waals surface area contributed by atoms with Crippen molar-refractivity contribution < 1.29 is 23.1 Å². The molecule has 4 aromatic rings. The minimum absolute atomic E-state index is 0.0356. The number of sulfonamides is 1. The number of ether oxygens (including phenoxy) is 1. The van der Waals surface area contributed by atoms with Crippen LogP contribution in [0.2, 0.25) is 5.02 Å². The van der Waals surface area contributed by atoms with Gasteiger partial charge in [0.05, 0.1) is 39.0 Å². The molecule has 0 bridgehead atoms. The molecule has 1 heterocycles. The molecule has 0 atom stereocenters. The van der Waals surface area contributed by atoms with Gasteiger partial charge in [-0.2, -0.15) is 4.31 Å². The maximum atomic E-state index is 13.4. The van der Waals surface area contributed by atoms with E-state index in [-0.39, 0.29) is 33.7 Å². The second kappa shape index (κ2) is 12.0. The van der Waals surface area contributed by atoms with Crippen LogP contribution >= 0.6 is 11.6 Å². The Hall–Kier alpha value is -3.99. The van der Waals surface area contributed by atoms with Crippen LogP contribution in [0, 0.1) is 0 Å². The van der Waals surface area contributed by atoms with Gasteiger partial charge in [0.15, 0.2) is 0 Å². The second-order valence-corrected chi connectivity index (χ2v) is 11.0. The molecule has 40 heavy (non-hydrogen) atoms. The van der Waals surface area contributed by atoms with E-state index in [1.54, 1.807) is 45.0 Å². The lowest BCUT2D eigenvalue weighted by Crippen LogP contribution is -2.30. The monoisotopic (exact) mass is 581 g/mol. The molecule has 0 unspecified atom stereocenters. The highest BCUT2D eigenvalue weighted by atomic mass is 35.5. The van der Waals surface area contributed by atoms with Crippen LogP contribution in [0.25, 0.3) is 16.5 Å². The third kappa shape index (κ3) is 5.51. The molecule has 0 radical (unpaired) electrons. The summed E-state index contributed by atoms with van der Waals surface area (Å²) in [7, 11) is -3.76. The Kier molecular flexibility index (Phi) is 8.73. The first kappa shape index (κ1) is 29.0. The minimum Gasteiger partial charge on any atom is -0.494 e. The molecule has 3 aromatic carbocycles. The smallest absolute Gasteiger partial charge is 0.338 e. The predicted octanol–water partition coefficient (Wildman–Crippen LogP) is 5.31. The number of esters is 1. The summed E-state index contributed by atoms with van der Waals surface area (Å²) in [5.74, 6) is -0.890. The number of hydrogen-bond donors (Lipinski definition) is 1. The van der Waals surface area contributed by atoms with Crippen LogP contribution in [0.4, 0.5) is 5.69 Å². The Morgan fingerprint density at radius 3 is 2.30 bits per heavy atom. The summed E-state index contributed by atoms with van der Waals surface area (Å²) in [4.78, 5) is 29.9. The first-order valence-corrected chi connectivity index (χ1v) is 14.4. The Morgan fingerprint density at radius 1 is 1.02 bits per heavy atom. The van der Waals surface area contributed by atoms with Gasteiger partial charge in [-0.15, -0.1) is 0 Å². The Labute approximate surface area is 237 Å². The van der Waals surface area contributed by atoms with E-state index in [9.17, 15) is 23.1 Å². The SMILES string of the molecule is CCOC(=O)c1ccc(-n2c(O)c(C=Nc3cc(S(=O)(=O)N(CC)CC)ccc3Cl)c3ccccc3c2=O)cc1. The van der Waals surface area contributed by atoms with Gasteiger partial charge in [0.2, 0.25) is 15.9 Å². The number of nitrogens with zero attached hydrogens (tertiary/aromatic N) is 3. The molecule has 0 amide bonds. The molecule has 0 saturated carbocycles. The van der Waals surface area contributed by atoms with Gasteiger partial charge in [0.25, 0.3) is 5.56 Å². The number of aromatic hydroxyl groups is 1. The Morgan fingerprint density at radius 2 is 1.68 bits per heavy atom. The van der Waals surface area contributed by atoms with E-state index in [0.29, 0.717) is 35.1 Å². The molecule has 208 valence electrons. The molecule has 0 aliphatic carbocycles. The number of aliphatic imine (C=N–C) groups is 1. The van der Waals surface area contributed by atoms with Crippen LogP contribution in [-0.4, -0.2) is 54.3 Å². The van der Waals surface area contributed by atoms with Crippen molar-refractivity contribution in [2.75, 3.05) is 19.7 Å². The third-order valence-corrected chi connectivity index (χ3v) is 8.70. The van der Waals surface area contributed by atoms with Crippen LogP contribution in [0.1, 0.15) is 36.7 Å². The van der Waals surface area contributed by atoms with Gasteiger partial charge in [0, 0.05) is 30.1 Å². The highest BCUT2D eigenvalue weighted by Crippen LogP contribution is 2.31. The van der Waals surface area contributed by atoms with Crippen LogP contribution in [0.15, 0.2) is 81.4 Å². The lowest BCUT2D eigenvalue weighted by molar-refractivity contribution is 0.0526. The van der Waals surface area contributed by atoms with Crippen LogP contribution < -0.4 is 5.56 Å². The van der Waals surface area contributed by atoms with Gasteiger partial charge >= 0.3 is 5.97 Å². The van der Waals surface area contributed by atoms with E-state index in [4.69, 9.17) is 16.3 Å². The topological polar surface area (TPSA) is 118 Å². The number of benzene rings is 3. The average Bonchev–Trinajstić information content (AvgIpc) is 2.95. The summed E-state index contributed by atoms with van der Waals surface area (Å²) in [6.07, 6.45) is 1.34. The molecule has 0 spiro atoms. The number of carbonyl (C=O) groups is 1. The van der Waals surface area contributed by atoms with Crippen molar-refractivity contribution in [3.8, 4) is 11.6 Å². The van der Waals surface area contributed by atoms with E-state index in [1.807, 2.05) is 0 Å². The van der Waals surface area contributed by atoms with Gasteiger partial charge in [-0.25, -0.2) is 17.8 Å². The lowest BCUT2D eigenvalue weighted by atomic mass is 10.1. The van der Waals surface area contributed by atoms with Crippen LogP contribution in [0.5, 0.6) is 5.88 Å². The largest absolute Gasteiger partial charge is 0.494 e. The van der Waals surface area contributed by atoms with Gasteiger partial charge < -0.3 is 9.84 Å². The molecule has 1 aromatic heterocycles. The number of rotatable bonds is 9. The molecular weight excluding hydrogens is 554 g/mol. The zero-order chi connectivity index (χ0) is 29.0. The summed E-state index contributed by atoms with van der Waals surface area (Å²) in [5, 5.41) is 12.3. The molecule has 4 rings (SSSR count). The zero-order valence-electron chi connectivity index (χ0n) is 22.2. The van der Waals surface area contributed by atoms with Gasteiger partial charge in [-0.05, 0) is 55.5 Å². The quantitative estimate of drug-likeness (QED) is 0.211. The first-order valence-electron chi connectivity index (χ1n) is 12.6. The normalized spacial score (nSPS) is 11.9. The molecule has 0 aliphatic rings. The summed E-state index contributed by atoms with van der Waals surface area (Å²) in [6, 6.07) is 17.0. The van der Waals surface area contributed by atoms with Crippen molar-refractivity contribution in [1.82, 2.24) is 8.87 Å². The fraction of sp³-hybridized carbons (Fsp3) is 0.207. The first-order chi connectivity index (χ1) is 19.1. The molecule has 0 fully saturated rings. The lowest BCUT2D eigenvalue weighted by Gasteiger charge is -2.18. The van der Waals surface area contributed by atoms with E-state index in [1.165, 1.54) is 53.0 Å².